The van der Waals surface area contributed by atoms with Crippen molar-refractivity contribution in [2.45, 2.75) is 25.4 Å². The van der Waals surface area contributed by atoms with Crippen LogP contribution in [0.3, 0.4) is 0 Å². The van der Waals surface area contributed by atoms with Crippen molar-refractivity contribution < 1.29 is 10.2 Å². The fourth-order valence-corrected chi connectivity index (χ4v) is 3.88. The zero-order valence-electron chi connectivity index (χ0n) is 15.6. The van der Waals surface area contributed by atoms with Crippen LogP contribution in [0.25, 0.3) is 32.3 Å². The fourth-order valence-electron chi connectivity index (χ4n) is 3.88. The summed E-state index contributed by atoms with van der Waals surface area (Å²) in [6, 6.07) is 23.5. The normalized spacial score (nSPS) is 12.3. The second kappa shape index (κ2) is 7.28. The Hall–Kier alpha value is -2.46. The summed E-state index contributed by atoms with van der Waals surface area (Å²) in [4.78, 5) is 0. The summed E-state index contributed by atoms with van der Waals surface area (Å²) in [5.74, 6) is 0. The smallest absolute Gasteiger partial charge is 0.0648 e. The van der Waals surface area contributed by atoms with Crippen molar-refractivity contribution in [1.82, 2.24) is 5.32 Å². The Morgan fingerprint density at radius 3 is 2.07 bits per heavy atom. The SMILES string of the molecule is CCC(CO)(CO)NCc1cc2c3ccccc3ccc2c2ccccc12. The van der Waals surface area contributed by atoms with E-state index >= 15 is 0 Å². The van der Waals surface area contributed by atoms with Gasteiger partial charge in [0.2, 0.25) is 0 Å². The molecule has 0 heterocycles. The van der Waals surface area contributed by atoms with E-state index in [-0.39, 0.29) is 13.2 Å². The summed E-state index contributed by atoms with van der Waals surface area (Å²) in [5, 5.41) is 30.3. The van der Waals surface area contributed by atoms with E-state index in [1.807, 2.05) is 6.92 Å². The van der Waals surface area contributed by atoms with E-state index in [9.17, 15) is 10.2 Å². The zero-order chi connectivity index (χ0) is 18.9. The highest BCUT2D eigenvalue weighted by atomic mass is 16.3. The minimum atomic E-state index is -0.658. The van der Waals surface area contributed by atoms with Crippen LogP contribution in [0.15, 0.2) is 66.7 Å². The highest BCUT2D eigenvalue weighted by molar-refractivity contribution is 6.18. The van der Waals surface area contributed by atoms with Crippen LogP contribution in [0.1, 0.15) is 18.9 Å². The lowest BCUT2D eigenvalue weighted by Gasteiger charge is -2.30. The maximum atomic E-state index is 9.76. The van der Waals surface area contributed by atoms with Crippen LogP contribution in [0.2, 0.25) is 0 Å². The summed E-state index contributed by atoms with van der Waals surface area (Å²) in [6.45, 7) is 2.39. The van der Waals surface area contributed by atoms with Crippen molar-refractivity contribution >= 4 is 32.3 Å². The molecule has 0 saturated carbocycles. The number of fused-ring (bicyclic) bond motifs is 5. The van der Waals surface area contributed by atoms with Gasteiger partial charge in [0.1, 0.15) is 0 Å². The van der Waals surface area contributed by atoms with E-state index < -0.39 is 5.54 Å². The van der Waals surface area contributed by atoms with E-state index in [1.54, 1.807) is 0 Å². The van der Waals surface area contributed by atoms with Crippen LogP contribution < -0.4 is 5.32 Å². The summed E-state index contributed by atoms with van der Waals surface area (Å²) >= 11 is 0. The van der Waals surface area contributed by atoms with E-state index in [4.69, 9.17) is 0 Å². The molecule has 0 aliphatic heterocycles. The number of aliphatic hydroxyl groups is 2. The van der Waals surface area contributed by atoms with Gasteiger partial charge in [-0.2, -0.15) is 0 Å². The molecule has 0 bridgehead atoms. The molecule has 3 nitrogen and oxygen atoms in total. The van der Waals surface area contributed by atoms with Gasteiger partial charge in [-0.25, -0.2) is 0 Å². The Morgan fingerprint density at radius 2 is 1.37 bits per heavy atom. The molecule has 0 aliphatic carbocycles. The molecule has 27 heavy (non-hydrogen) atoms. The van der Waals surface area contributed by atoms with Gasteiger partial charge >= 0.3 is 0 Å². The summed E-state index contributed by atoms with van der Waals surface area (Å²) in [5.41, 5.74) is 0.517. The van der Waals surface area contributed by atoms with Crippen molar-refractivity contribution in [2.75, 3.05) is 13.2 Å². The lowest BCUT2D eigenvalue weighted by molar-refractivity contribution is 0.0865. The van der Waals surface area contributed by atoms with Crippen LogP contribution in [-0.4, -0.2) is 29.0 Å². The van der Waals surface area contributed by atoms with Gasteiger partial charge in [-0.3, -0.25) is 0 Å². The molecule has 138 valence electrons. The highest BCUT2D eigenvalue weighted by Gasteiger charge is 2.26. The molecule has 0 atom stereocenters. The second-order valence-electron chi connectivity index (χ2n) is 7.27. The predicted molar refractivity (Wildman–Crippen MR) is 113 cm³/mol. The van der Waals surface area contributed by atoms with E-state index in [0.29, 0.717) is 13.0 Å². The zero-order valence-corrected chi connectivity index (χ0v) is 15.6. The van der Waals surface area contributed by atoms with Crippen LogP contribution in [-0.2, 0) is 6.54 Å². The number of rotatable bonds is 6. The molecule has 4 rings (SSSR count). The molecule has 0 aliphatic rings. The first-order chi connectivity index (χ1) is 13.2. The first kappa shape index (κ1) is 17.9. The van der Waals surface area contributed by atoms with Crippen LogP contribution >= 0.6 is 0 Å². The molecule has 3 heteroatoms. The Kier molecular flexibility index (Phi) is 4.83. The van der Waals surface area contributed by atoms with Gasteiger partial charge in [0, 0.05) is 6.54 Å². The molecule has 0 fully saturated rings. The maximum absolute atomic E-state index is 9.76. The average molecular weight is 359 g/mol. The van der Waals surface area contributed by atoms with Gasteiger partial charge in [-0.05, 0) is 50.4 Å². The molecular weight excluding hydrogens is 334 g/mol. The monoisotopic (exact) mass is 359 g/mol. The largest absolute Gasteiger partial charge is 0.394 e. The van der Waals surface area contributed by atoms with Crippen LogP contribution in [0, 0.1) is 0 Å². The molecular formula is C24H25NO2. The first-order valence-electron chi connectivity index (χ1n) is 9.50. The highest BCUT2D eigenvalue weighted by Crippen LogP contribution is 2.33. The molecule has 0 saturated heterocycles. The lowest BCUT2D eigenvalue weighted by atomic mass is 9.92. The number of hydrogen-bond donors (Lipinski definition) is 3. The number of aliphatic hydroxyl groups excluding tert-OH is 2. The molecule has 3 N–H and O–H groups in total. The molecule has 4 aromatic rings. The van der Waals surface area contributed by atoms with Gasteiger partial charge in [-0.15, -0.1) is 0 Å². The van der Waals surface area contributed by atoms with Crippen molar-refractivity contribution in [3.05, 3.63) is 72.3 Å². The Morgan fingerprint density at radius 1 is 0.741 bits per heavy atom. The summed E-state index contributed by atoms with van der Waals surface area (Å²) < 4.78 is 0. The molecule has 0 amide bonds. The number of nitrogens with one attached hydrogen (secondary N) is 1. The maximum Gasteiger partial charge on any atom is 0.0648 e. The quantitative estimate of drug-likeness (QED) is 0.448. The molecule has 0 aromatic heterocycles. The fraction of sp³-hybridized carbons (Fsp3) is 0.250. The molecule has 0 spiro atoms. The van der Waals surface area contributed by atoms with Crippen molar-refractivity contribution in [3.8, 4) is 0 Å². The van der Waals surface area contributed by atoms with Gasteiger partial charge in [0.15, 0.2) is 0 Å². The molecule has 0 radical (unpaired) electrons. The van der Waals surface area contributed by atoms with Crippen LogP contribution in [0.5, 0.6) is 0 Å². The van der Waals surface area contributed by atoms with Crippen molar-refractivity contribution in [1.29, 1.82) is 0 Å². The average Bonchev–Trinajstić information content (AvgIpc) is 2.75. The van der Waals surface area contributed by atoms with E-state index in [2.05, 4.69) is 72.0 Å². The van der Waals surface area contributed by atoms with Gasteiger partial charge < -0.3 is 15.5 Å². The van der Waals surface area contributed by atoms with Crippen LogP contribution in [0.4, 0.5) is 0 Å². The topological polar surface area (TPSA) is 52.5 Å². The second-order valence-corrected chi connectivity index (χ2v) is 7.27. The standard InChI is InChI=1S/C24H25NO2/c1-2-24(15-26,16-27)25-14-18-13-23-19-8-4-3-7-17(19)11-12-22(23)21-10-6-5-9-20(18)21/h3-13,25-27H,2,14-16H2,1H3. The third-order valence-corrected chi connectivity index (χ3v) is 5.79. The van der Waals surface area contributed by atoms with E-state index in [1.165, 1.54) is 37.9 Å². The number of benzene rings is 4. The lowest BCUT2D eigenvalue weighted by Crippen LogP contribution is -2.50. The Labute approximate surface area is 159 Å². The van der Waals surface area contributed by atoms with Crippen molar-refractivity contribution in [3.63, 3.8) is 0 Å². The van der Waals surface area contributed by atoms with Gasteiger partial charge in [-0.1, -0.05) is 67.6 Å². The van der Waals surface area contributed by atoms with E-state index in [0.717, 1.165) is 0 Å². The predicted octanol–water partition coefficient (Wildman–Crippen LogP) is 4.37. The van der Waals surface area contributed by atoms with Gasteiger partial charge in [0.05, 0.1) is 18.8 Å². The van der Waals surface area contributed by atoms with Gasteiger partial charge in [0.25, 0.3) is 0 Å². The first-order valence-corrected chi connectivity index (χ1v) is 9.50. The Bertz CT molecular complexity index is 1090. The third-order valence-electron chi connectivity index (χ3n) is 5.79. The van der Waals surface area contributed by atoms with Crippen molar-refractivity contribution in [2.24, 2.45) is 0 Å². The molecule has 0 unspecified atom stereocenters. The molecule has 4 aromatic carbocycles. The summed E-state index contributed by atoms with van der Waals surface area (Å²) in [7, 11) is 0. The minimum absolute atomic E-state index is 0.0888. The number of hydrogen-bond acceptors (Lipinski definition) is 3. The summed E-state index contributed by atoms with van der Waals surface area (Å²) in [6.07, 6.45) is 0.661. The third kappa shape index (κ3) is 3.08. The Balaban J connectivity index is 1.92. The minimum Gasteiger partial charge on any atom is -0.394 e.